The second kappa shape index (κ2) is 9.18. The van der Waals surface area contributed by atoms with Gasteiger partial charge in [0.25, 0.3) is 9.84 Å². The molecule has 0 fully saturated rings. The Labute approximate surface area is 179 Å². The van der Waals surface area contributed by atoms with Crippen LogP contribution in [0.25, 0.3) is 10.7 Å². The Morgan fingerprint density at radius 3 is 2.43 bits per heavy atom. The number of sulfone groups is 1. The second-order valence-corrected chi connectivity index (χ2v) is 9.93. The highest BCUT2D eigenvalue weighted by atomic mass is 32.2. The molecular formula is C17H17F3N4O3S3. The number of rotatable bonds is 7. The lowest BCUT2D eigenvalue weighted by atomic mass is 10.2. The van der Waals surface area contributed by atoms with Gasteiger partial charge in [-0.3, -0.25) is 4.79 Å². The first kappa shape index (κ1) is 23.9. The summed E-state index contributed by atoms with van der Waals surface area (Å²) in [6.45, 7) is 8.26. The van der Waals surface area contributed by atoms with Crippen molar-refractivity contribution in [2.75, 3.05) is 5.32 Å². The van der Waals surface area contributed by atoms with Gasteiger partial charge in [-0.15, -0.1) is 11.3 Å². The van der Waals surface area contributed by atoms with Gasteiger partial charge in [0.15, 0.2) is 5.82 Å². The van der Waals surface area contributed by atoms with Gasteiger partial charge in [0.05, 0.1) is 20.5 Å². The first-order chi connectivity index (χ1) is 13.8. The summed E-state index contributed by atoms with van der Waals surface area (Å²) >= 11 is 2.41. The normalized spacial score (nSPS) is 13.4. The lowest BCUT2D eigenvalue weighted by molar-refractivity contribution is -0.115. The van der Waals surface area contributed by atoms with E-state index in [1.165, 1.54) is 18.3 Å². The minimum atomic E-state index is -5.51. The first-order valence-electron chi connectivity index (χ1n) is 8.24. The fourth-order valence-corrected chi connectivity index (χ4v) is 4.44. The zero-order valence-corrected chi connectivity index (χ0v) is 18.5. The van der Waals surface area contributed by atoms with E-state index in [-0.39, 0.29) is 11.6 Å². The molecule has 0 atom stereocenters. The maximum atomic E-state index is 12.6. The van der Waals surface area contributed by atoms with Crippen molar-refractivity contribution >= 4 is 43.7 Å². The number of carbonyl (C=O) groups excluding carboxylic acids is 1. The third-order valence-corrected chi connectivity index (χ3v) is 6.80. The summed E-state index contributed by atoms with van der Waals surface area (Å²) in [4.78, 5) is 20.5. The van der Waals surface area contributed by atoms with E-state index in [0.717, 1.165) is 39.3 Å². The zero-order chi connectivity index (χ0) is 22.7. The molecule has 0 aliphatic carbocycles. The minimum absolute atomic E-state index is 0.180. The molecule has 0 saturated carbocycles. The summed E-state index contributed by atoms with van der Waals surface area (Å²) < 4.78 is 64.9. The molecule has 7 nitrogen and oxygen atoms in total. The van der Waals surface area contributed by atoms with Gasteiger partial charge in [0, 0.05) is 18.0 Å². The van der Waals surface area contributed by atoms with Crippen LogP contribution in [0.4, 0.5) is 18.3 Å². The summed E-state index contributed by atoms with van der Waals surface area (Å²) in [5.41, 5.74) is -4.31. The average molecular weight is 479 g/mol. The molecule has 2 aromatic rings. The van der Waals surface area contributed by atoms with E-state index in [0.29, 0.717) is 17.5 Å². The van der Waals surface area contributed by atoms with Gasteiger partial charge in [-0.1, -0.05) is 24.3 Å². The summed E-state index contributed by atoms with van der Waals surface area (Å²) in [5, 5.41) is 3.68. The molecule has 2 rings (SSSR count). The van der Waals surface area contributed by atoms with E-state index in [9.17, 15) is 26.4 Å². The molecule has 2 heterocycles. The van der Waals surface area contributed by atoms with Gasteiger partial charge in [-0.25, -0.2) is 13.4 Å². The molecule has 2 aromatic heterocycles. The predicted octanol–water partition coefficient (Wildman–Crippen LogP) is 4.56. The van der Waals surface area contributed by atoms with Crippen molar-refractivity contribution < 1.29 is 26.4 Å². The molecule has 0 radical (unpaired) electrons. The van der Waals surface area contributed by atoms with Crippen LogP contribution in [0.5, 0.6) is 0 Å². The molecule has 0 aliphatic heterocycles. The van der Waals surface area contributed by atoms with Crippen LogP contribution in [0, 0.1) is 13.8 Å². The van der Waals surface area contributed by atoms with E-state index in [2.05, 4.69) is 26.2 Å². The molecule has 162 valence electrons. The number of aromatic nitrogens is 3. The quantitative estimate of drug-likeness (QED) is 0.586. The van der Waals surface area contributed by atoms with Crippen LogP contribution in [0.15, 0.2) is 35.3 Å². The average Bonchev–Trinajstić information content (AvgIpc) is 3.19. The molecule has 13 heteroatoms. The Morgan fingerprint density at radius 1 is 1.23 bits per heavy atom. The van der Waals surface area contributed by atoms with Crippen LogP contribution in [0.1, 0.15) is 24.0 Å². The van der Waals surface area contributed by atoms with Crippen molar-refractivity contribution in [1.82, 2.24) is 14.3 Å². The molecule has 1 amide bonds. The highest BCUT2D eigenvalue weighted by Gasteiger charge is 2.47. The summed E-state index contributed by atoms with van der Waals surface area (Å²) in [6, 6.07) is 0. The van der Waals surface area contributed by atoms with Crippen LogP contribution in [-0.4, -0.2) is 34.2 Å². The molecular weight excluding hydrogens is 461 g/mol. The molecule has 0 saturated heterocycles. The van der Waals surface area contributed by atoms with Crippen molar-refractivity contribution in [2.24, 2.45) is 0 Å². The number of hydrogen-bond donors (Lipinski definition) is 1. The molecule has 0 bridgehead atoms. The highest BCUT2D eigenvalue weighted by Crippen LogP contribution is 2.31. The Hall–Kier alpha value is -2.38. The number of aryl methyl sites for hydroxylation is 2. The standard InChI is InChI=1S/C17H17F3N4O3S3/c1-5-12(30(26,27)17(18,19)20)7-6-9(2)8-13(25)22-16-23-15(24-29-16)14-10(3)21-11(4)28-14/h5-7H,1,8H2,2-4H3,(H,22,23,24,25)/b9-6+,12-7+. The number of carbonyl (C=O) groups is 1. The Bertz CT molecular complexity index is 1130. The fourth-order valence-electron chi connectivity index (χ4n) is 2.21. The monoisotopic (exact) mass is 478 g/mol. The summed E-state index contributed by atoms with van der Waals surface area (Å²) in [5.74, 6) is -0.0301. The van der Waals surface area contributed by atoms with Crippen LogP contribution >= 0.6 is 22.9 Å². The maximum absolute atomic E-state index is 12.6. The van der Waals surface area contributed by atoms with E-state index >= 15 is 0 Å². The molecule has 0 aromatic carbocycles. The van der Waals surface area contributed by atoms with E-state index in [1.807, 2.05) is 13.8 Å². The van der Waals surface area contributed by atoms with Crippen molar-refractivity contribution in [1.29, 1.82) is 0 Å². The number of anilines is 1. The third kappa shape index (κ3) is 5.61. The molecule has 0 unspecified atom stereocenters. The molecule has 0 aliphatic rings. The van der Waals surface area contributed by atoms with Crippen molar-refractivity contribution in [3.8, 4) is 10.7 Å². The SMILES string of the molecule is C=C/C(=C\C=C(/C)CC(=O)Nc1nc(-c2sc(C)nc2C)ns1)S(=O)(=O)C(F)(F)F. The van der Waals surface area contributed by atoms with Gasteiger partial charge in [-0.2, -0.15) is 22.5 Å². The van der Waals surface area contributed by atoms with Crippen LogP contribution in [-0.2, 0) is 14.6 Å². The molecule has 1 N–H and O–H groups in total. The Morgan fingerprint density at radius 2 is 1.90 bits per heavy atom. The number of nitrogens with one attached hydrogen (secondary N) is 1. The van der Waals surface area contributed by atoms with Crippen LogP contribution < -0.4 is 5.32 Å². The number of amides is 1. The lowest BCUT2D eigenvalue weighted by Gasteiger charge is -2.08. The smallest absolute Gasteiger partial charge is 0.300 e. The third-order valence-electron chi connectivity index (χ3n) is 3.57. The minimum Gasteiger partial charge on any atom is -0.300 e. The van der Waals surface area contributed by atoms with Gasteiger partial charge < -0.3 is 5.32 Å². The lowest BCUT2D eigenvalue weighted by Crippen LogP contribution is -2.23. The number of thiazole rings is 1. The molecule has 0 spiro atoms. The first-order valence-corrected chi connectivity index (χ1v) is 11.3. The van der Waals surface area contributed by atoms with E-state index in [4.69, 9.17) is 0 Å². The number of hydrogen-bond acceptors (Lipinski definition) is 8. The van der Waals surface area contributed by atoms with Crippen molar-refractivity contribution in [3.63, 3.8) is 0 Å². The van der Waals surface area contributed by atoms with Crippen molar-refractivity contribution in [2.45, 2.75) is 32.7 Å². The van der Waals surface area contributed by atoms with Gasteiger partial charge >= 0.3 is 5.51 Å². The van der Waals surface area contributed by atoms with E-state index < -0.39 is 26.2 Å². The number of allylic oxidation sites excluding steroid dienone is 3. The number of alkyl halides is 3. The highest BCUT2D eigenvalue weighted by molar-refractivity contribution is 7.96. The van der Waals surface area contributed by atoms with Crippen molar-refractivity contribution in [3.05, 3.63) is 46.0 Å². The van der Waals surface area contributed by atoms with Gasteiger partial charge in [0.2, 0.25) is 11.0 Å². The topological polar surface area (TPSA) is 102 Å². The maximum Gasteiger partial charge on any atom is 0.501 e. The van der Waals surface area contributed by atoms with Crippen LogP contribution in [0.2, 0.25) is 0 Å². The Balaban J connectivity index is 2.07. The number of nitrogens with zero attached hydrogens (tertiary/aromatic N) is 3. The van der Waals surface area contributed by atoms with Gasteiger partial charge in [-0.05, 0) is 26.8 Å². The number of halogens is 3. The predicted molar refractivity (Wildman–Crippen MR) is 111 cm³/mol. The van der Waals surface area contributed by atoms with E-state index in [1.54, 1.807) is 0 Å². The largest absolute Gasteiger partial charge is 0.501 e. The summed E-state index contributed by atoms with van der Waals surface area (Å²) in [7, 11) is -5.51. The Kier molecular flexibility index (Phi) is 7.31. The fraction of sp³-hybridized carbons (Fsp3) is 0.294. The van der Waals surface area contributed by atoms with Gasteiger partial charge in [0.1, 0.15) is 0 Å². The van der Waals surface area contributed by atoms with Crippen LogP contribution in [0.3, 0.4) is 0 Å². The zero-order valence-electron chi connectivity index (χ0n) is 16.1. The summed E-state index contributed by atoms with van der Waals surface area (Å²) in [6.07, 6.45) is 2.30. The second-order valence-electron chi connectivity index (χ2n) is 6.03. The molecule has 30 heavy (non-hydrogen) atoms.